The number of fused-ring (bicyclic) bond motifs is 1. The monoisotopic (exact) mass is 701 g/mol. The first kappa shape index (κ1) is 36.5. The first-order chi connectivity index (χ1) is 24.3. The highest BCUT2D eigenvalue weighted by molar-refractivity contribution is 6.32. The second kappa shape index (κ2) is 18.3. The van der Waals surface area contributed by atoms with Crippen LogP contribution in [0.25, 0.3) is 10.9 Å². The van der Waals surface area contributed by atoms with Crippen LogP contribution >= 0.6 is 11.6 Å². The largest absolute Gasteiger partial charge is 0.487 e. The second-order valence-corrected chi connectivity index (χ2v) is 12.5. The molecule has 12 heteroatoms. The standard InChI is InChI=1S/C38H41ClFN5O5/c1-45(14-4-2-3-5-16-46)15-7-10-37(47)44-34-20-31-33(21-36(34)50-30-13-17-48-25-30)42-23-27(22-41)38(31)43-29-11-12-35(32(39)19-29)49-24-26-8-6-9-28(40)18-26/h6-12,18-21,23,30,46H,2-5,13-17,24-25H2,1H3,(H,42,43)(H,44,47). The number of nitriles is 1. The van der Waals surface area contributed by atoms with Crippen molar-refractivity contribution in [1.29, 1.82) is 5.26 Å². The average molecular weight is 702 g/mol. The number of likely N-dealkylation sites (N-methyl/N-ethyl adjacent to an activating group) is 1. The number of carbonyl (C=O) groups excluding carboxylic acids is 1. The fraction of sp³-hybridized carbons (Fsp3) is 0.342. The quantitative estimate of drug-likeness (QED) is 0.0764. The van der Waals surface area contributed by atoms with E-state index in [0.717, 1.165) is 32.2 Å². The van der Waals surface area contributed by atoms with Gasteiger partial charge >= 0.3 is 0 Å². The number of amides is 1. The lowest BCUT2D eigenvalue weighted by molar-refractivity contribution is -0.111. The molecule has 262 valence electrons. The van der Waals surface area contributed by atoms with E-state index >= 15 is 0 Å². The first-order valence-electron chi connectivity index (χ1n) is 16.6. The van der Waals surface area contributed by atoms with Crippen LogP contribution in [-0.4, -0.2) is 67.0 Å². The van der Waals surface area contributed by atoms with E-state index in [1.165, 1.54) is 24.4 Å². The number of benzene rings is 3. The summed E-state index contributed by atoms with van der Waals surface area (Å²) in [7, 11) is 2.00. The van der Waals surface area contributed by atoms with Gasteiger partial charge in [-0.1, -0.05) is 42.7 Å². The van der Waals surface area contributed by atoms with E-state index < -0.39 is 0 Å². The summed E-state index contributed by atoms with van der Waals surface area (Å²) in [6.07, 6.45) is 9.23. The van der Waals surface area contributed by atoms with E-state index in [9.17, 15) is 14.4 Å². The lowest BCUT2D eigenvalue weighted by Crippen LogP contribution is -2.20. The van der Waals surface area contributed by atoms with Crippen molar-refractivity contribution in [3.63, 3.8) is 0 Å². The number of hydrogen-bond acceptors (Lipinski definition) is 9. The molecule has 1 fully saturated rings. The topological polar surface area (TPSA) is 129 Å². The van der Waals surface area contributed by atoms with Crippen molar-refractivity contribution in [2.75, 3.05) is 50.6 Å². The van der Waals surface area contributed by atoms with Crippen molar-refractivity contribution in [3.05, 3.63) is 94.9 Å². The SMILES string of the molecule is CN(CC=CC(=O)Nc1cc2c(Nc3ccc(OCc4cccc(F)c4)c(Cl)c3)c(C#N)cnc2cc1OC1CCOC1)CCCCCCO. The summed E-state index contributed by atoms with van der Waals surface area (Å²) in [5.74, 6) is 0.191. The van der Waals surface area contributed by atoms with E-state index in [1.807, 2.05) is 13.1 Å². The van der Waals surface area contributed by atoms with Gasteiger partial charge in [0.1, 0.15) is 36.1 Å². The third kappa shape index (κ3) is 10.4. The van der Waals surface area contributed by atoms with Gasteiger partial charge in [-0.25, -0.2) is 4.39 Å². The van der Waals surface area contributed by atoms with Gasteiger partial charge in [-0.3, -0.25) is 9.78 Å². The van der Waals surface area contributed by atoms with Crippen LogP contribution in [0.2, 0.25) is 5.02 Å². The molecule has 0 bridgehead atoms. The maximum Gasteiger partial charge on any atom is 0.248 e. The molecule has 3 N–H and O–H groups in total. The van der Waals surface area contributed by atoms with Crippen LogP contribution in [0.1, 0.15) is 43.2 Å². The smallest absolute Gasteiger partial charge is 0.248 e. The lowest BCUT2D eigenvalue weighted by Gasteiger charge is -2.19. The summed E-state index contributed by atoms with van der Waals surface area (Å²) in [6, 6.07) is 17.0. The summed E-state index contributed by atoms with van der Waals surface area (Å²) >= 11 is 6.57. The van der Waals surface area contributed by atoms with Crippen molar-refractivity contribution in [2.45, 2.75) is 44.8 Å². The highest BCUT2D eigenvalue weighted by atomic mass is 35.5. The van der Waals surface area contributed by atoms with E-state index in [0.29, 0.717) is 76.2 Å². The number of nitrogens with one attached hydrogen (secondary N) is 2. The maximum atomic E-state index is 13.6. The molecule has 1 atom stereocenters. The predicted octanol–water partition coefficient (Wildman–Crippen LogP) is 7.37. The molecule has 1 aliphatic heterocycles. The second-order valence-electron chi connectivity index (χ2n) is 12.1. The van der Waals surface area contributed by atoms with Crippen LogP contribution in [0.15, 0.2) is 72.9 Å². The third-order valence-corrected chi connectivity index (χ3v) is 8.44. The number of aromatic nitrogens is 1. The Labute approximate surface area is 296 Å². The summed E-state index contributed by atoms with van der Waals surface area (Å²) in [6.45, 7) is 2.89. The average Bonchev–Trinajstić information content (AvgIpc) is 3.61. The maximum absolute atomic E-state index is 13.6. The molecule has 1 unspecified atom stereocenters. The van der Waals surface area contributed by atoms with Crippen molar-refractivity contribution in [2.24, 2.45) is 0 Å². The third-order valence-electron chi connectivity index (χ3n) is 8.15. The zero-order valence-electron chi connectivity index (χ0n) is 28.0. The molecular formula is C38H41ClFN5O5. The summed E-state index contributed by atoms with van der Waals surface area (Å²) < 4.78 is 31.2. The number of hydrogen-bond donors (Lipinski definition) is 3. The van der Waals surface area contributed by atoms with Gasteiger partial charge in [0.25, 0.3) is 0 Å². The fourth-order valence-corrected chi connectivity index (χ4v) is 5.74. The summed E-state index contributed by atoms with van der Waals surface area (Å²) in [4.78, 5) is 19.8. The number of pyridine rings is 1. The molecule has 3 aromatic carbocycles. The highest BCUT2D eigenvalue weighted by Crippen LogP contribution is 2.38. The van der Waals surface area contributed by atoms with Crippen molar-refractivity contribution >= 4 is 45.5 Å². The van der Waals surface area contributed by atoms with E-state index in [-0.39, 0.29) is 36.6 Å². The zero-order chi connectivity index (χ0) is 35.3. The molecule has 2 heterocycles. The number of aliphatic hydroxyl groups is 1. The minimum absolute atomic E-state index is 0.141. The van der Waals surface area contributed by atoms with Gasteiger partial charge < -0.3 is 34.9 Å². The zero-order valence-corrected chi connectivity index (χ0v) is 28.7. The molecule has 50 heavy (non-hydrogen) atoms. The van der Waals surface area contributed by atoms with Crippen LogP contribution in [0.3, 0.4) is 0 Å². The van der Waals surface area contributed by atoms with Crippen molar-refractivity contribution in [1.82, 2.24) is 9.88 Å². The summed E-state index contributed by atoms with van der Waals surface area (Å²) in [5.41, 5.74) is 3.00. The van der Waals surface area contributed by atoms with Crippen LogP contribution in [-0.2, 0) is 16.1 Å². The van der Waals surface area contributed by atoms with Crippen LogP contribution in [0.4, 0.5) is 21.5 Å². The Bertz CT molecular complexity index is 1840. The Kier molecular flexibility index (Phi) is 13.4. The minimum Gasteiger partial charge on any atom is -0.487 e. The summed E-state index contributed by atoms with van der Waals surface area (Å²) in [5, 5.41) is 26.1. The number of halogens is 2. The van der Waals surface area contributed by atoms with Gasteiger partial charge in [0.15, 0.2) is 0 Å². The number of unbranched alkanes of at least 4 members (excludes halogenated alkanes) is 3. The predicted molar refractivity (Wildman–Crippen MR) is 193 cm³/mol. The molecule has 5 rings (SSSR count). The Morgan fingerprint density at radius 3 is 2.80 bits per heavy atom. The Morgan fingerprint density at radius 2 is 2.04 bits per heavy atom. The van der Waals surface area contributed by atoms with Crippen LogP contribution in [0, 0.1) is 17.1 Å². The van der Waals surface area contributed by atoms with Gasteiger partial charge in [0.2, 0.25) is 5.91 Å². The van der Waals surface area contributed by atoms with E-state index in [1.54, 1.807) is 42.5 Å². The molecule has 0 radical (unpaired) electrons. The molecule has 4 aromatic rings. The highest BCUT2D eigenvalue weighted by Gasteiger charge is 2.21. The molecule has 0 aliphatic carbocycles. The lowest BCUT2D eigenvalue weighted by atomic mass is 10.1. The molecule has 1 saturated heterocycles. The molecule has 1 aliphatic rings. The number of ether oxygens (including phenoxy) is 3. The number of nitrogens with zero attached hydrogens (tertiary/aromatic N) is 3. The molecular weight excluding hydrogens is 661 g/mol. The molecule has 0 saturated carbocycles. The van der Waals surface area contributed by atoms with Gasteiger partial charge in [0, 0.05) is 49.0 Å². The Morgan fingerprint density at radius 1 is 1.18 bits per heavy atom. The fourth-order valence-electron chi connectivity index (χ4n) is 5.50. The van der Waals surface area contributed by atoms with Crippen molar-refractivity contribution < 1.29 is 28.5 Å². The Balaban J connectivity index is 1.35. The molecule has 1 aromatic heterocycles. The minimum atomic E-state index is -0.347. The van der Waals surface area contributed by atoms with Gasteiger partial charge in [-0.05, 0) is 68.4 Å². The van der Waals surface area contributed by atoms with Gasteiger partial charge in [-0.2, -0.15) is 5.26 Å². The Hall–Kier alpha value is -4.73. The number of rotatable bonds is 17. The van der Waals surface area contributed by atoms with Crippen molar-refractivity contribution in [3.8, 4) is 17.6 Å². The molecule has 10 nitrogen and oxygen atoms in total. The first-order valence-corrected chi connectivity index (χ1v) is 17.0. The molecule has 1 amide bonds. The molecule has 0 spiro atoms. The van der Waals surface area contributed by atoms with Crippen LogP contribution < -0.4 is 20.1 Å². The van der Waals surface area contributed by atoms with E-state index in [2.05, 4.69) is 26.6 Å². The van der Waals surface area contributed by atoms with Gasteiger partial charge in [0.05, 0.1) is 40.7 Å². The number of aliphatic hydroxyl groups excluding tert-OH is 1. The van der Waals surface area contributed by atoms with Gasteiger partial charge in [-0.15, -0.1) is 0 Å². The van der Waals surface area contributed by atoms with E-state index in [4.69, 9.17) is 30.9 Å². The normalized spacial score (nSPS) is 14.3. The van der Waals surface area contributed by atoms with Crippen LogP contribution in [0.5, 0.6) is 11.5 Å². The number of carbonyl (C=O) groups is 1. The number of anilines is 3.